The minimum atomic E-state index is -3.56. The Bertz CT molecular complexity index is 711. The third kappa shape index (κ3) is 3.52. The van der Waals surface area contributed by atoms with Gasteiger partial charge in [0.25, 0.3) is 0 Å². The molecule has 1 aromatic heterocycles. The van der Waals surface area contributed by atoms with Crippen LogP contribution in [0.15, 0.2) is 35.2 Å². The monoisotopic (exact) mass is 330 g/mol. The minimum absolute atomic E-state index is 0.176. The minimum Gasteiger partial charge on any atom is -0.398 e. The van der Waals surface area contributed by atoms with Crippen molar-refractivity contribution in [2.75, 3.05) is 5.73 Å². The van der Waals surface area contributed by atoms with Crippen molar-refractivity contribution in [3.05, 3.63) is 45.1 Å². The fraction of sp³-hybridized carbons (Fsp3) is 0.231. The lowest BCUT2D eigenvalue weighted by molar-refractivity contribution is 0.582. The van der Waals surface area contributed by atoms with Crippen molar-refractivity contribution in [3.8, 4) is 0 Å². The van der Waals surface area contributed by atoms with Gasteiger partial charge in [0, 0.05) is 17.1 Å². The van der Waals surface area contributed by atoms with Crippen LogP contribution in [-0.2, 0) is 23.0 Å². The van der Waals surface area contributed by atoms with Crippen molar-refractivity contribution >= 4 is 38.6 Å². The first-order valence-corrected chi connectivity index (χ1v) is 8.72. The third-order valence-corrected chi connectivity index (χ3v) is 5.50. The molecule has 0 fully saturated rings. The summed E-state index contributed by atoms with van der Waals surface area (Å²) in [6.07, 6.45) is 0.771. The van der Waals surface area contributed by atoms with Crippen LogP contribution in [0.1, 0.15) is 17.4 Å². The van der Waals surface area contributed by atoms with E-state index in [0.717, 1.165) is 16.9 Å². The third-order valence-electron chi connectivity index (χ3n) is 2.87. The van der Waals surface area contributed by atoms with E-state index in [2.05, 4.69) is 4.72 Å². The van der Waals surface area contributed by atoms with Gasteiger partial charge >= 0.3 is 0 Å². The Morgan fingerprint density at radius 1 is 1.30 bits per heavy atom. The topological polar surface area (TPSA) is 72.2 Å². The molecule has 2 rings (SSSR count). The van der Waals surface area contributed by atoms with Gasteiger partial charge in [-0.3, -0.25) is 0 Å². The van der Waals surface area contributed by atoms with Crippen molar-refractivity contribution in [2.24, 2.45) is 0 Å². The molecule has 108 valence electrons. The van der Waals surface area contributed by atoms with Crippen LogP contribution in [-0.4, -0.2) is 8.42 Å². The Morgan fingerprint density at radius 2 is 2.05 bits per heavy atom. The van der Waals surface area contributed by atoms with Crippen LogP contribution in [0.2, 0.25) is 4.34 Å². The van der Waals surface area contributed by atoms with Crippen molar-refractivity contribution in [1.82, 2.24) is 4.72 Å². The lowest BCUT2D eigenvalue weighted by atomic mass is 10.1. The molecular weight excluding hydrogens is 316 g/mol. The largest absolute Gasteiger partial charge is 0.398 e. The van der Waals surface area contributed by atoms with Crippen LogP contribution in [0.5, 0.6) is 0 Å². The number of aryl methyl sites for hydroxylation is 1. The number of halogens is 1. The van der Waals surface area contributed by atoms with Crippen molar-refractivity contribution in [3.63, 3.8) is 0 Å². The molecule has 4 nitrogen and oxygen atoms in total. The molecule has 0 radical (unpaired) electrons. The van der Waals surface area contributed by atoms with Gasteiger partial charge in [-0.15, -0.1) is 11.3 Å². The number of rotatable bonds is 5. The Balaban J connectivity index is 2.15. The average Bonchev–Trinajstić information content (AvgIpc) is 2.82. The molecule has 1 aromatic carbocycles. The molecular formula is C13H15ClN2O2S2. The summed E-state index contributed by atoms with van der Waals surface area (Å²) in [6.45, 7) is 2.19. The highest BCUT2D eigenvalue weighted by molar-refractivity contribution is 7.89. The lowest BCUT2D eigenvalue weighted by Crippen LogP contribution is -2.23. The van der Waals surface area contributed by atoms with E-state index in [0.29, 0.717) is 10.0 Å². The van der Waals surface area contributed by atoms with Gasteiger partial charge in [-0.05, 0) is 36.2 Å². The standard InChI is InChI=1S/C13H15ClN2O2S2/c1-2-9-3-5-11(7-12(9)15)20(17,18)16-8-10-4-6-13(14)19-10/h3-7,16H,2,8,15H2,1H3. The molecule has 0 aliphatic heterocycles. The number of nitrogens with two attached hydrogens (primary N) is 1. The van der Waals surface area contributed by atoms with E-state index in [1.54, 1.807) is 24.3 Å². The number of nitrogen functional groups attached to an aromatic ring is 1. The quantitative estimate of drug-likeness (QED) is 0.828. The van der Waals surface area contributed by atoms with E-state index < -0.39 is 10.0 Å². The van der Waals surface area contributed by atoms with E-state index in [1.807, 2.05) is 6.92 Å². The molecule has 2 aromatic rings. The fourth-order valence-electron chi connectivity index (χ4n) is 1.76. The second-order valence-corrected chi connectivity index (χ2v) is 7.81. The average molecular weight is 331 g/mol. The Hall–Kier alpha value is -1.08. The normalized spacial score (nSPS) is 11.7. The van der Waals surface area contributed by atoms with Gasteiger partial charge in [0.05, 0.1) is 9.23 Å². The molecule has 0 unspecified atom stereocenters. The van der Waals surface area contributed by atoms with Gasteiger partial charge in [0.15, 0.2) is 0 Å². The Morgan fingerprint density at radius 3 is 2.60 bits per heavy atom. The molecule has 0 spiro atoms. The number of hydrogen-bond donors (Lipinski definition) is 2. The highest BCUT2D eigenvalue weighted by atomic mass is 35.5. The molecule has 0 amide bonds. The van der Waals surface area contributed by atoms with Crippen LogP contribution >= 0.6 is 22.9 Å². The zero-order valence-corrected chi connectivity index (χ0v) is 13.3. The van der Waals surface area contributed by atoms with E-state index >= 15 is 0 Å². The highest BCUT2D eigenvalue weighted by Gasteiger charge is 2.15. The maximum atomic E-state index is 12.2. The van der Waals surface area contributed by atoms with Crippen LogP contribution in [0, 0.1) is 0 Å². The second kappa shape index (κ2) is 6.13. The number of thiophene rings is 1. The summed E-state index contributed by atoms with van der Waals surface area (Å²) in [5, 5.41) is 0. The fourth-order valence-corrected chi connectivity index (χ4v) is 3.92. The molecule has 0 aliphatic carbocycles. The summed E-state index contributed by atoms with van der Waals surface area (Å²) in [7, 11) is -3.56. The SMILES string of the molecule is CCc1ccc(S(=O)(=O)NCc2ccc(Cl)s2)cc1N. The van der Waals surface area contributed by atoms with Crippen LogP contribution in [0.3, 0.4) is 0 Å². The molecule has 0 atom stereocenters. The first-order chi connectivity index (χ1) is 9.42. The molecule has 0 saturated carbocycles. The number of benzene rings is 1. The van der Waals surface area contributed by atoms with Crippen LogP contribution in [0.4, 0.5) is 5.69 Å². The maximum Gasteiger partial charge on any atom is 0.240 e. The maximum absolute atomic E-state index is 12.2. The number of hydrogen-bond acceptors (Lipinski definition) is 4. The van der Waals surface area contributed by atoms with E-state index in [1.165, 1.54) is 17.4 Å². The molecule has 1 heterocycles. The van der Waals surface area contributed by atoms with Gasteiger partial charge in [0.2, 0.25) is 10.0 Å². The molecule has 3 N–H and O–H groups in total. The van der Waals surface area contributed by atoms with Gasteiger partial charge in [-0.1, -0.05) is 24.6 Å². The van der Waals surface area contributed by atoms with Crippen molar-refractivity contribution in [2.45, 2.75) is 24.8 Å². The first kappa shape index (κ1) is 15.3. The van der Waals surface area contributed by atoms with Gasteiger partial charge in [0.1, 0.15) is 0 Å². The highest BCUT2D eigenvalue weighted by Crippen LogP contribution is 2.22. The van der Waals surface area contributed by atoms with E-state index in [9.17, 15) is 8.42 Å². The summed E-state index contributed by atoms with van der Waals surface area (Å²) in [5.74, 6) is 0. The lowest BCUT2D eigenvalue weighted by Gasteiger charge is -2.08. The second-order valence-electron chi connectivity index (χ2n) is 4.24. The number of nitrogens with one attached hydrogen (secondary N) is 1. The predicted octanol–water partition coefficient (Wildman–Crippen LogP) is 3.02. The number of anilines is 1. The summed E-state index contributed by atoms with van der Waals surface area (Å²) >= 11 is 7.15. The Labute approximate surface area is 127 Å². The summed E-state index contributed by atoms with van der Waals surface area (Å²) < 4.78 is 27.5. The van der Waals surface area contributed by atoms with Gasteiger partial charge in [-0.2, -0.15) is 0 Å². The van der Waals surface area contributed by atoms with Crippen LogP contribution in [0.25, 0.3) is 0 Å². The Kier molecular flexibility index (Phi) is 4.70. The zero-order chi connectivity index (χ0) is 14.8. The smallest absolute Gasteiger partial charge is 0.240 e. The summed E-state index contributed by atoms with van der Waals surface area (Å²) in [4.78, 5) is 1.03. The van der Waals surface area contributed by atoms with Gasteiger partial charge in [-0.25, -0.2) is 13.1 Å². The molecule has 0 saturated heterocycles. The molecule has 0 bridgehead atoms. The van der Waals surface area contributed by atoms with Crippen molar-refractivity contribution in [1.29, 1.82) is 0 Å². The van der Waals surface area contributed by atoms with Crippen molar-refractivity contribution < 1.29 is 8.42 Å². The van der Waals surface area contributed by atoms with Gasteiger partial charge < -0.3 is 5.73 Å². The first-order valence-electron chi connectivity index (χ1n) is 6.04. The molecule has 7 heteroatoms. The van der Waals surface area contributed by atoms with E-state index in [4.69, 9.17) is 17.3 Å². The number of sulfonamides is 1. The zero-order valence-electron chi connectivity index (χ0n) is 10.9. The summed E-state index contributed by atoms with van der Waals surface area (Å²) in [6, 6.07) is 8.33. The molecule has 0 aliphatic rings. The molecule has 20 heavy (non-hydrogen) atoms. The van der Waals surface area contributed by atoms with E-state index in [-0.39, 0.29) is 11.4 Å². The summed E-state index contributed by atoms with van der Waals surface area (Å²) in [5.41, 5.74) is 7.27. The predicted molar refractivity (Wildman–Crippen MR) is 83.6 cm³/mol. The van der Waals surface area contributed by atoms with Crippen LogP contribution < -0.4 is 10.5 Å².